The van der Waals surface area contributed by atoms with Crippen molar-refractivity contribution in [2.24, 2.45) is 5.41 Å². The Bertz CT molecular complexity index is 1480. The number of nitrogens with zero attached hydrogens (tertiary/aromatic N) is 1. The van der Waals surface area contributed by atoms with Crippen LogP contribution < -0.4 is 4.90 Å². The normalized spacial score (nSPS) is 18.3. The molecule has 4 aromatic rings. The Hall–Kier alpha value is -3.32. The van der Waals surface area contributed by atoms with E-state index in [1.54, 1.807) is 0 Å². The summed E-state index contributed by atoms with van der Waals surface area (Å²) in [6.07, 6.45) is 0. The van der Waals surface area contributed by atoms with Gasteiger partial charge in [-0.1, -0.05) is 102 Å². The summed E-state index contributed by atoms with van der Waals surface area (Å²) < 4.78 is 27.8. The third-order valence-corrected chi connectivity index (χ3v) is 8.96. The van der Waals surface area contributed by atoms with Crippen molar-refractivity contribution in [1.82, 2.24) is 0 Å². The first kappa shape index (κ1) is 19.9. The smallest absolute Gasteiger partial charge is 0.0632 e. The van der Waals surface area contributed by atoms with Crippen molar-refractivity contribution in [2.75, 3.05) is 4.90 Å². The number of benzene rings is 4. The van der Waals surface area contributed by atoms with Gasteiger partial charge >= 0.3 is 0 Å². The lowest BCUT2D eigenvalue weighted by Crippen LogP contribution is -2.42. The molecule has 0 bridgehead atoms. The lowest BCUT2D eigenvalue weighted by molar-refractivity contribution is 0.125. The lowest BCUT2D eigenvalue weighted by atomic mass is 9.59. The Balaban J connectivity index is 1.78. The molecular formula is C34H37N. The Morgan fingerprint density at radius 2 is 1.17 bits per heavy atom. The topological polar surface area (TPSA) is 3.24 Å². The van der Waals surface area contributed by atoms with Gasteiger partial charge in [0, 0.05) is 17.1 Å². The fourth-order valence-electron chi connectivity index (χ4n) is 5.50. The molecule has 4 aromatic carbocycles. The molecule has 1 aliphatic carbocycles. The summed E-state index contributed by atoms with van der Waals surface area (Å²) in [6, 6.07) is 27.5. The second-order valence-corrected chi connectivity index (χ2v) is 11.4. The molecule has 5 rings (SSSR count). The van der Waals surface area contributed by atoms with Crippen LogP contribution in [0.25, 0.3) is 11.1 Å². The molecule has 0 amide bonds. The molecule has 0 fully saturated rings. The van der Waals surface area contributed by atoms with Crippen LogP contribution in [0.1, 0.15) is 62.3 Å². The van der Waals surface area contributed by atoms with E-state index in [4.69, 9.17) is 2.74 Å². The number of hydrogen-bond donors (Lipinski definition) is 0. The molecule has 0 unspecified atom stereocenters. The second-order valence-electron chi connectivity index (χ2n) is 11.4. The highest BCUT2D eigenvalue weighted by molar-refractivity contribution is 5.81. The summed E-state index contributed by atoms with van der Waals surface area (Å²) in [7, 11) is 0. The Labute approximate surface area is 215 Å². The maximum absolute atomic E-state index is 9.50. The molecular weight excluding hydrogens is 422 g/mol. The summed E-state index contributed by atoms with van der Waals surface area (Å²) in [5.74, 6) is 0. The van der Waals surface area contributed by atoms with Crippen LogP contribution >= 0.6 is 0 Å². The van der Waals surface area contributed by atoms with Gasteiger partial charge in [0.25, 0.3) is 0 Å². The molecule has 1 nitrogen and oxygen atoms in total. The number of aryl methyl sites for hydroxylation is 1. The zero-order valence-electron chi connectivity index (χ0n) is 25.0. The average Bonchev–Trinajstić information content (AvgIpc) is 2.99. The van der Waals surface area contributed by atoms with E-state index in [2.05, 4.69) is 88.9 Å². The van der Waals surface area contributed by atoms with Gasteiger partial charge in [-0.25, -0.2) is 0 Å². The zero-order valence-corrected chi connectivity index (χ0v) is 22.0. The van der Waals surface area contributed by atoms with Crippen LogP contribution in [0.3, 0.4) is 0 Å². The van der Waals surface area contributed by atoms with Crippen LogP contribution in [-0.2, 0) is 10.8 Å². The summed E-state index contributed by atoms with van der Waals surface area (Å²) in [6.45, 7) is 15.2. The molecule has 0 atom stereocenters. The van der Waals surface area contributed by atoms with Gasteiger partial charge < -0.3 is 4.90 Å². The van der Waals surface area contributed by atoms with Crippen LogP contribution in [0.15, 0.2) is 97.0 Å². The second kappa shape index (κ2) is 8.12. The summed E-state index contributed by atoms with van der Waals surface area (Å²) in [4.78, 5) is 2.20. The maximum Gasteiger partial charge on any atom is 0.0632 e. The van der Waals surface area contributed by atoms with Crippen molar-refractivity contribution >= 4 is 17.1 Å². The Kier molecular flexibility index (Phi) is 4.63. The number of rotatable bonds is 4. The van der Waals surface area contributed by atoms with Crippen LogP contribution in [-0.4, -0.2) is 0 Å². The van der Waals surface area contributed by atoms with Crippen LogP contribution in [0.5, 0.6) is 0 Å². The molecule has 1 heteroatoms. The van der Waals surface area contributed by atoms with Crippen LogP contribution in [0.4, 0.5) is 17.1 Å². The summed E-state index contributed by atoms with van der Waals surface area (Å²) >= 11 is 0. The minimum atomic E-state index is -0.332. The molecule has 0 radical (unpaired) electrons. The number of fused-ring (bicyclic) bond motifs is 1. The molecule has 0 aliphatic heterocycles. The highest BCUT2D eigenvalue weighted by Crippen LogP contribution is 2.61. The predicted molar refractivity (Wildman–Crippen MR) is 151 cm³/mol. The molecule has 0 aromatic heterocycles. The number of hydrogen-bond acceptors (Lipinski definition) is 1. The Morgan fingerprint density at radius 3 is 1.74 bits per heavy atom. The highest BCUT2D eigenvalue weighted by Gasteiger charge is 2.56. The van der Waals surface area contributed by atoms with Crippen molar-refractivity contribution in [3.8, 4) is 11.1 Å². The van der Waals surface area contributed by atoms with Gasteiger partial charge in [0.2, 0.25) is 0 Å². The maximum atomic E-state index is 9.50. The minimum Gasteiger partial charge on any atom is -0.310 e. The van der Waals surface area contributed by atoms with Crippen molar-refractivity contribution < 1.29 is 4.11 Å². The van der Waals surface area contributed by atoms with E-state index in [-0.39, 0.29) is 28.3 Å². The third-order valence-electron chi connectivity index (χ3n) is 8.96. The quantitative estimate of drug-likeness (QED) is 0.292. The van der Waals surface area contributed by atoms with Gasteiger partial charge in [0.05, 0.1) is 4.11 Å². The summed E-state index contributed by atoms with van der Waals surface area (Å²) in [5, 5.41) is 0. The van der Waals surface area contributed by atoms with Crippen molar-refractivity contribution in [3.63, 3.8) is 0 Å². The van der Waals surface area contributed by atoms with E-state index in [0.29, 0.717) is 11.6 Å². The highest BCUT2D eigenvalue weighted by atomic mass is 15.1. The van der Waals surface area contributed by atoms with Crippen LogP contribution in [0, 0.1) is 12.3 Å². The van der Waals surface area contributed by atoms with E-state index in [1.807, 2.05) is 43.3 Å². The molecule has 0 saturated heterocycles. The van der Waals surface area contributed by atoms with Gasteiger partial charge in [-0.15, -0.1) is 0 Å². The van der Waals surface area contributed by atoms with E-state index in [9.17, 15) is 1.37 Å². The molecule has 0 saturated carbocycles. The van der Waals surface area contributed by atoms with Gasteiger partial charge in [0.1, 0.15) is 0 Å². The van der Waals surface area contributed by atoms with E-state index >= 15 is 0 Å². The first-order valence-electron chi connectivity index (χ1n) is 14.0. The van der Waals surface area contributed by atoms with Gasteiger partial charge in [0.15, 0.2) is 0 Å². The molecule has 35 heavy (non-hydrogen) atoms. The lowest BCUT2D eigenvalue weighted by Gasteiger charge is -2.44. The van der Waals surface area contributed by atoms with E-state index in [1.165, 1.54) is 0 Å². The fourth-order valence-corrected chi connectivity index (χ4v) is 5.50. The van der Waals surface area contributed by atoms with Crippen molar-refractivity contribution in [3.05, 3.63) is 114 Å². The monoisotopic (exact) mass is 462 g/mol. The number of para-hydroxylation sites is 2. The van der Waals surface area contributed by atoms with E-state index in [0.717, 1.165) is 39.3 Å². The first-order valence-corrected chi connectivity index (χ1v) is 12.5. The van der Waals surface area contributed by atoms with Gasteiger partial charge in [-0.2, -0.15) is 0 Å². The van der Waals surface area contributed by atoms with Crippen molar-refractivity contribution in [1.29, 1.82) is 0 Å². The molecule has 178 valence electrons. The largest absolute Gasteiger partial charge is 0.310 e. The van der Waals surface area contributed by atoms with Gasteiger partial charge in [-0.05, 0) is 87.4 Å². The van der Waals surface area contributed by atoms with Gasteiger partial charge in [-0.3, -0.25) is 0 Å². The molecule has 0 heterocycles. The fraction of sp³-hybridized carbons (Fsp3) is 0.294. The Morgan fingerprint density at radius 1 is 0.629 bits per heavy atom. The predicted octanol–water partition coefficient (Wildman–Crippen LogP) is 9.73. The standard InChI is InChI=1S/C34H37N/c1-24-18-20-28(35(26-14-10-8-11-15-26)27-16-12-9-13-17-27)23-29(24)25-19-21-30-31(22-25)33(4,5)34(6,7)32(30,2)3/h8-23H,1-7H3/i19D,21D,22D. The van der Waals surface area contributed by atoms with E-state index < -0.39 is 0 Å². The average molecular weight is 463 g/mol. The molecule has 0 N–H and O–H groups in total. The third kappa shape index (κ3) is 3.52. The molecule has 1 aliphatic rings. The summed E-state index contributed by atoms with van der Waals surface area (Å²) in [5.41, 5.74) is 6.32. The van der Waals surface area contributed by atoms with Crippen LogP contribution in [0.2, 0.25) is 0 Å². The number of anilines is 3. The molecule has 0 spiro atoms. The zero-order chi connectivity index (χ0) is 27.6. The first-order chi connectivity index (χ1) is 17.8. The SMILES string of the molecule is [2H]c1c([2H])c2c(c([2H])c1-c1cc(N(c3ccccc3)c3ccccc3)ccc1C)C(C)(C)C(C)(C)C2(C)C. The van der Waals surface area contributed by atoms with Crippen molar-refractivity contribution in [2.45, 2.75) is 59.3 Å². The minimum absolute atomic E-state index is 0.140.